The molecule has 0 aromatic heterocycles. The van der Waals surface area contributed by atoms with Gasteiger partial charge in [0.15, 0.2) is 5.78 Å². The molecule has 3 rings (SSSR count). The number of Topliss-reactive ketones (excluding diaryl/α,β-unsaturated/α-hetero) is 1. The summed E-state index contributed by atoms with van der Waals surface area (Å²) in [6.07, 6.45) is 3.68. The molecule has 3 nitrogen and oxygen atoms in total. The van der Waals surface area contributed by atoms with E-state index in [2.05, 4.69) is 15.9 Å². The second kappa shape index (κ2) is 5.05. The summed E-state index contributed by atoms with van der Waals surface area (Å²) in [6.45, 7) is 5.55. The molecule has 2 aliphatic rings. The van der Waals surface area contributed by atoms with Gasteiger partial charge >= 0.3 is 5.97 Å². The normalized spacial score (nSPS) is 23.6. The number of halogens is 1. The molecule has 1 atom stereocenters. The first-order valence-electron chi connectivity index (χ1n) is 7.46. The molecule has 2 aliphatic carbocycles. The van der Waals surface area contributed by atoms with E-state index in [1.54, 1.807) is 0 Å². The van der Waals surface area contributed by atoms with Crippen molar-refractivity contribution in [3.8, 4) is 0 Å². The van der Waals surface area contributed by atoms with Gasteiger partial charge in [0.25, 0.3) is 0 Å². The maximum Gasteiger partial charge on any atom is 0.334 e. The van der Waals surface area contributed by atoms with Crippen LogP contribution in [0, 0.1) is 5.41 Å². The van der Waals surface area contributed by atoms with Crippen molar-refractivity contribution in [3.05, 3.63) is 45.4 Å². The van der Waals surface area contributed by atoms with Crippen LogP contribution < -0.4 is 0 Å². The van der Waals surface area contributed by atoms with Crippen molar-refractivity contribution in [2.45, 2.75) is 45.6 Å². The second-order valence-electron chi connectivity index (χ2n) is 7.20. The molecule has 4 heteroatoms. The second-order valence-corrected chi connectivity index (χ2v) is 8.12. The largest absolute Gasteiger partial charge is 0.457 e. The van der Waals surface area contributed by atoms with Crippen LogP contribution in [0.3, 0.4) is 0 Å². The summed E-state index contributed by atoms with van der Waals surface area (Å²) < 4.78 is 6.41. The number of benzene rings is 1. The summed E-state index contributed by atoms with van der Waals surface area (Å²) in [5.74, 6) is -0.140. The molecule has 0 radical (unpaired) electrons. The quantitative estimate of drug-likeness (QED) is 0.701. The van der Waals surface area contributed by atoms with Gasteiger partial charge in [-0.05, 0) is 63.8 Å². The standard InChI is InChI=1S/C18H19BrO3/c1-17(2,3)22-16(21)11-6-7-18(9-11)10-12-8-13(19)4-5-14(12)15(18)20/h4-6,8H,7,9-10H2,1-3H3. The van der Waals surface area contributed by atoms with Gasteiger partial charge in [-0.25, -0.2) is 4.79 Å². The highest BCUT2D eigenvalue weighted by molar-refractivity contribution is 9.10. The molecule has 0 fully saturated rings. The van der Waals surface area contributed by atoms with E-state index in [1.807, 2.05) is 45.0 Å². The van der Waals surface area contributed by atoms with Crippen molar-refractivity contribution >= 4 is 27.7 Å². The minimum Gasteiger partial charge on any atom is -0.457 e. The number of hydrogen-bond acceptors (Lipinski definition) is 3. The molecule has 0 amide bonds. The van der Waals surface area contributed by atoms with Gasteiger partial charge in [0, 0.05) is 21.0 Å². The van der Waals surface area contributed by atoms with E-state index in [-0.39, 0.29) is 11.8 Å². The molecule has 0 saturated carbocycles. The number of ketones is 1. The molecule has 0 N–H and O–H groups in total. The van der Waals surface area contributed by atoms with Gasteiger partial charge < -0.3 is 4.74 Å². The van der Waals surface area contributed by atoms with Crippen molar-refractivity contribution in [2.75, 3.05) is 0 Å². The van der Waals surface area contributed by atoms with E-state index in [0.717, 1.165) is 15.6 Å². The van der Waals surface area contributed by atoms with Gasteiger partial charge in [0.2, 0.25) is 0 Å². The highest BCUT2D eigenvalue weighted by Gasteiger charge is 2.48. The third kappa shape index (κ3) is 2.65. The van der Waals surface area contributed by atoms with Crippen molar-refractivity contribution in [1.82, 2.24) is 0 Å². The van der Waals surface area contributed by atoms with Crippen LogP contribution in [-0.4, -0.2) is 17.4 Å². The Morgan fingerprint density at radius 3 is 2.68 bits per heavy atom. The minimum atomic E-state index is -0.513. The number of rotatable bonds is 1. The molecule has 1 aromatic carbocycles. The van der Waals surface area contributed by atoms with Crippen LogP contribution in [0.2, 0.25) is 0 Å². The van der Waals surface area contributed by atoms with Gasteiger partial charge in [-0.3, -0.25) is 4.79 Å². The first-order valence-corrected chi connectivity index (χ1v) is 8.25. The summed E-state index contributed by atoms with van der Waals surface area (Å²) >= 11 is 3.45. The van der Waals surface area contributed by atoms with E-state index < -0.39 is 11.0 Å². The van der Waals surface area contributed by atoms with E-state index in [0.29, 0.717) is 24.8 Å². The lowest BCUT2D eigenvalue weighted by atomic mass is 9.80. The van der Waals surface area contributed by atoms with Crippen molar-refractivity contribution in [3.63, 3.8) is 0 Å². The summed E-state index contributed by atoms with van der Waals surface area (Å²) in [7, 11) is 0. The summed E-state index contributed by atoms with van der Waals surface area (Å²) in [4.78, 5) is 25.0. The summed E-state index contributed by atoms with van der Waals surface area (Å²) in [6, 6.07) is 5.78. The molecule has 1 aromatic rings. The first kappa shape index (κ1) is 15.5. The average Bonchev–Trinajstić information content (AvgIpc) is 2.92. The van der Waals surface area contributed by atoms with Gasteiger partial charge in [0.05, 0.1) is 0 Å². The number of carbonyl (C=O) groups excluding carboxylic acids is 2. The number of esters is 1. The molecule has 0 heterocycles. The number of allylic oxidation sites excluding steroid dienone is 1. The molecule has 1 spiro atoms. The fourth-order valence-electron chi connectivity index (χ4n) is 3.29. The van der Waals surface area contributed by atoms with E-state index in [9.17, 15) is 9.59 Å². The Labute approximate surface area is 138 Å². The zero-order chi connectivity index (χ0) is 16.1. The topological polar surface area (TPSA) is 43.4 Å². The number of fused-ring (bicyclic) bond motifs is 1. The van der Waals surface area contributed by atoms with Gasteiger partial charge in [-0.1, -0.05) is 22.0 Å². The van der Waals surface area contributed by atoms with Crippen LogP contribution >= 0.6 is 15.9 Å². The lowest BCUT2D eigenvalue weighted by Gasteiger charge is -2.23. The Hall–Kier alpha value is -1.42. The van der Waals surface area contributed by atoms with Crippen LogP contribution in [-0.2, 0) is 16.0 Å². The minimum absolute atomic E-state index is 0.157. The van der Waals surface area contributed by atoms with Crippen LogP contribution in [0.25, 0.3) is 0 Å². The smallest absolute Gasteiger partial charge is 0.334 e. The van der Waals surface area contributed by atoms with Crippen LogP contribution in [0.5, 0.6) is 0 Å². The molecule has 116 valence electrons. The third-order valence-corrected chi connectivity index (χ3v) is 4.74. The maximum atomic E-state index is 12.8. The molecule has 22 heavy (non-hydrogen) atoms. The number of carbonyl (C=O) groups is 2. The molecule has 0 aliphatic heterocycles. The zero-order valence-electron chi connectivity index (χ0n) is 13.0. The summed E-state index contributed by atoms with van der Waals surface area (Å²) in [5.41, 5.74) is 1.51. The van der Waals surface area contributed by atoms with Gasteiger partial charge in [-0.15, -0.1) is 0 Å². The highest BCUT2D eigenvalue weighted by atomic mass is 79.9. The lowest BCUT2D eigenvalue weighted by molar-refractivity contribution is -0.150. The lowest BCUT2D eigenvalue weighted by Crippen LogP contribution is -2.28. The van der Waals surface area contributed by atoms with E-state index >= 15 is 0 Å². The van der Waals surface area contributed by atoms with Crippen LogP contribution in [0.15, 0.2) is 34.3 Å². The van der Waals surface area contributed by atoms with Crippen molar-refractivity contribution in [2.24, 2.45) is 5.41 Å². The van der Waals surface area contributed by atoms with E-state index in [1.165, 1.54) is 0 Å². The monoisotopic (exact) mass is 362 g/mol. The maximum absolute atomic E-state index is 12.8. The highest BCUT2D eigenvalue weighted by Crippen LogP contribution is 2.48. The number of hydrogen-bond donors (Lipinski definition) is 0. The molecule has 0 bridgehead atoms. The number of ether oxygens (including phenoxy) is 1. The Bertz CT molecular complexity index is 697. The zero-order valence-corrected chi connectivity index (χ0v) is 14.6. The Kier molecular flexibility index (Phi) is 3.55. The fourth-order valence-corrected chi connectivity index (χ4v) is 3.70. The predicted octanol–water partition coefficient (Wildman–Crippen LogP) is 4.24. The fraction of sp³-hybridized carbons (Fsp3) is 0.444. The van der Waals surface area contributed by atoms with Crippen molar-refractivity contribution < 1.29 is 14.3 Å². The Morgan fingerprint density at radius 2 is 2.00 bits per heavy atom. The first-order chi connectivity index (χ1) is 10.2. The molecule has 0 saturated heterocycles. The summed E-state index contributed by atoms with van der Waals surface area (Å²) in [5, 5.41) is 0. The van der Waals surface area contributed by atoms with Crippen LogP contribution in [0.4, 0.5) is 0 Å². The van der Waals surface area contributed by atoms with Gasteiger partial charge in [-0.2, -0.15) is 0 Å². The average molecular weight is 363 g/mol. The Balaban J connectivity index is 1.80. The van der Waals surface area contributed by atoms with Gasteiger partial charge in [0.1, 0.15) is 5.60 Å². The Morgan fingerprint density at radius 1 is 1.27 bits per heavy atom. The van der Waals surface area contributed by atoms with E-state index in [4.69, 9.17) is 4.74 Å². The molecular formula is C18H19BrO3. The predicted molar refractivity (Wildman–Crippen MR) is 87.8 cm³/mol. The third-order valence-electron chi connectivity index (χ3n) is 4.25. The molecule has 1 unspecified atom stereocenters. The SMILES string of the molecule is CC(C)(C)OC(=O)C1=CCC2(C1)Cc1cc(Br)ccc1C2=O. The van der Waals surface area contributed by atoms with Crippen molar-refractivity contribution in [1.29, 1.82) is 0 Å². The van der Waals surface area contributed by atoms with Crippen LogP contribution in [0.1, 0.15) is 49.5 Å². The molecular weight excluding hydrogens is 344 g/mol.